The Labute approximate surface area is 102 Å². The smallest absolute Gasteiger partial charge is 0.326 e. The maximum atomic E-state index is 12.1. The highest BCUT2D eigenvalue weighted by Crippen LogP contribution is 2.09. The molecule has 1 unspecified atom stereocenters. The normalized spacial score (nSPS) is 12.4. The minimum Gasteiger partial charge on any atom is -0.480 e. The molecule has 0 radical (unpaired) electrons. The van der Waals surface area contributed by atoms with Crippen LogP contribution < -0.4 is 0 Å². The summed E-state index contributed by atoms with van der Waals surface area (Å²) in [5.74, 6) is -1.02. The van der Waals surface area contributed by atoms with Crippen LogP contribution in [-0.4, -0.2) is 64.3 Å². The third kappa shape index (κ3) is 4.22. The fourth-order valence-electron chi connectivity index (χ4n) is 1.63. The van der Waals surface area contributed by atoms with Crippen molar-refractivity contribution in [3.05, 3.63) is 0 Å². The maximum Gasteiger partial charge on any atom is 0.326 e. The minimum atomic E-state index is -1.02. The van der Waals surface area contributed by atoms with Crippen molar-refractivity contribution in [2.24, 2.45) is 0 Å². The predicted octanol–water partition coefficient (Wildman–Crippen LogP) is 0.604. The van der Waals surface area contributed by atoms with E-state index in [0.29, 0.717) is 6.42 Å². The molecule has 0 spiro atoms. The molecular formula is C11H22N2O4. The molecule has 2 N–H and O–H groups in total. The molecule has 0 aromatic heterocycles. The van der Waals surface area contributed by atoms with Crippen LogP contribution >= 0.6 is 0 Å². The van der Waals surface area contributed by atoms with Gasteiger partial charge in [-0.2, -0.15) is 0 Å². The molecule has 0 saturated heterocycles. The van der Waals surface area contributed by atoms with Crippen LogP contribution in [0.1, 0.15) is 27.2 Å². The van der Waals surface area contributed by atoms with Crippen LogP contribution in [0.15, 0.2) is 0 Å². The zero-order valence-electron chi connectivity index (χ0n) is 10.9. The van der Waals surface area contributed by atoms with Gasteiger partial charge < -0.3 is 20.0 Å². The summed E-state index contributed by atoms with van der Waals surface area (Å²) in [6, 6.07) is -1.28. The fraction of sp³-hybridized carbons (Fsp3) is 0.818. The summed E-state index contributed by atoms with van der Waals surface area (Å²) in [6.45, 7) is 5.43. The van der Waals surface area contributed by atoms with Crippen molar-refractivity contribution in [3.63, 3.8) is 0 Å². The molecule has 0 aromatic carbocycles. The summed E-state index contributed by atoms with van der Waals surface area (Å²) in [4.78, 5) is 25.7. The molecule has 0 aliphatic heterocycles. The van der Waals surface area contributed by atoms with Gasteiger partial charge in [0.2, 0.25) is 0 Å². The number of rotatable bonds is 6. The summed E-state index contributed by atoms with van der Waals surface area (Å²) < 4.78 is 0. The third-order valence-corrected chi connectivity index (χ3v) is 2.65. The summed E-state index contributed by atoms with van der Waals surface area (Å²) in [5.41, 5.74) is 0. The van der Waals surface area contributed by atoms with E-state index in [0.717, 1.165) is 0 Å². The van der Waals surface area contributed by atoms with Crippen LogP contribution in [0.3, 0.4) is 0 Å². The molecular weight excluding hydrogens is 224 g/mol. The van der Waals surface area contributed by atoms with Crippen LogP contribution in [0.4, 0.5) is 4.79 Å². The Balaban J connectivity index is 4.80. The molecule has 100 valence electrons. The Morgan fingerprint density at radius 3 is 2.12 bits per heavy atom. The molecule has 6 nitrogen and oxygen atoms in total. The van der Waals surface area contributed by atoms with E-state index < -0.39 is 12.0 Å². The lowest BCUT2D eigenvalue weighted by molar-refractivity contribution is -0.142. The Bertz CT molecular complexity index is 268. The molecule has 2 amide bonds. The fourth-order valence-corrected chi connectivity index (χ4v) is 1.63. The number of aliphatic hydroxyl groups excluding tert-OH is 1. The van der Waals surface area contributed by atoms with E-state index in [9.17, 15) is 9.59 Å². The van der Waals surface area contributed by atoms with Gasteiger partial charge in [0.25, 0.3) is 0 Å². The van der Waals surface area contributed by atoms with E-state index in [2.05, 4.69) is 0 Å². The van der Waals surface area contributed by atoms with Crippen molar-refractivity contribution in [3.8, 4) is 0 Å². The lowest BCUT2D eigenvalue weighted by Gasteiger charge is -2.33. The number of likely N-dealkylation sites (N-methyl/N-ethyl adjacent to an activating group) is 1. The Kier molecular flexibility index (Phi) is 6.57. The number of carbonyl (C=O) groups excluding carboxylic acids is 1. The Hall–Kier alpha value is -1.30. The van der Waals surface area contributed by atoms with Crippen molar-refractivity contribution in [2.45, 2.75) is 39.3 Å². The second kappa shape index (κ2) is 7.11. The van der Waals surface area contributed by atoms with Gasteiger partial charge in [0.05, 0.1) is 6.61 Å². The number of hydrogen-bond donors (Lipinski definition) is 2. The highest BCUT2D eigenvalue weighted by molar-refractivity contribution is 5.82. The van der Waals surface area contributed by atoms with Crippen LogP contribution in [0.25, 0.3) is 0 Å². The van der Waals surface area contributed by atoms with Gasteiger partial charge in [0, 0.05) is 19.6 Å². The Morgan fingerprint density at radius 1 is 1.29 bits per heavy atom. The van der Waals surface area contributed by atoms with Gasteiger partial charge in [-0.15, -0.1) is 0 Å². The first kappa shape index (κ1) is 15.7. The van der Waals surface area contributed by atoms with E-state index in [4.69, 9.17) is 10.2 Å². The number of hydrogen-bond acceptors (Lipinski definition) is 3. The molecule has 0 fully saturated rings. The van der Waals surface area contributed by atoms with Gasteiger partial charge in [-0.25, -0.2) is 9.59 Å². The molecule has 0 aromatic rings. The average Bonchev–Trinajstić information content (AvgIpc) is 2.24. The SMILES string of the molecule is CCC(C(=O)O)N(C)C(=O)N(CCO)C(C)C. The van der Waals surface area contributed by atoms with E-state index >= 15 is 0 Å². The summed E-state index contributed by atoms with van der Waals surface area (Å²) in [5, 5.41) is 17.9. The quantitative estimate of drug-likeness (QED) is 0.719. The van der Waals surface area contributed by atoms with Crippen molar-refractivity contribution < 1.29 is 19.8 Å². The van der Waals surface area contributed by atoms with Gasteiger partial charge in [0.1, 0.15) is 6.04 Å². The first-order valence-corrected chi connectivity index (χ1v) is 5.73. The lowest BCUT2D eigenvalue weighted by Crippen LogP contribution is -2.51. The molecule has 0 rings (SSSR count). The molecule has 0 saturated carbocycles. The monoisotopic (exact) mass is 246 g/mol. The largest absolute Gasteiger partial charge is 0.480 e. The molecule has 0 heterocycles. The van der Waals surface area contributed by atoms with E-state index in [-0.39, 0.29) is 25.2 Å². The predicted molar refractivity (Wildman–Crippen MR) is 63.8 cm³/mol. The molecule has 1 atom stereocenters. The van der Waals surface area contributed by atoms with Crippen LogP contribution in [0, 0.1) is 0 Å². The highest BCUT2D eigenvalue weighted by atomic mass is 16.4. The van der Waals surface area contributed by atoms with Crippen molar-refractivity contribution in [1.82, 2.24) is 9.80 Å². The number of carboxylic acid groups (broad SMARTS) is 1. The van der Waals surface area contributed by atoms with Crippen LogP contribution in [0.5, 0.6) is 0 Å². The first-order chi connectivity index (χ1) is 7.86. The van der Waals surface area contributed by atoms with Gasteiger partial charge >= 0.3 is 12.0 Å². The number of nitrogens with zero attached hydrogens (tertiary/aromatic N) is 2. The van der Waals surface area contributed by atoms with Gasteiger partial charge in [-0.05, 0) is 20.3 Å². The number of aliphatic carboxylic acids is 1. The van der Waals surface area contributed by atoms with Gasteiger partial charge in [-0.1, -0.05) is 6.92 Å². The van der Waals surface area contributed by atoms with Crippen LogP contribution in [-0.2, 0) is 4.79 Å². The molecule has 0 aliphatic carbocycles. The van der Waals surface area contributed by atoms with E-state index in [1.54, 1.807) is 6.92 Å². The van der Waals surface area contributed by atoms with Gasteiger partial charge in [0.15, 0.2) is 0 Å². The van der Waals surface area contributed by atoms with Crippen molar-refractivity contribution in [1.29, 1.82) is 0 Å². The zero-order valence-corrected chi connectivity index (χ0v) is 10.9. The summed E-state index contributed by atoms with van der Waals surface area (Å²) >= 11 is 0. The van der Waals surface area contributed by atoms with E-state index in [1.807, 2.05) is 13.8 Å². The topological polar surface area (TPSA) is 81.1 Å². The Morgan fingerprint density at radius 2 is 1.82 bits per heavy atom. The zero-order chi connectivity index (χ0) is 13.6. The maximum absolute atomic E-state index is 12.1. The van der Waals surface area contributed by atoms with Gasteiger partial charge in [-0.3, -0.25) is 0 Å². The number of urea groups is 1. The standard InChI is InChI=1S/C11H22N2O4/c1-5-9(10(15)16)12(4)11(17)13(6-7-14)8(2)3/h8-9,14H,5-7H2,1-4H3,(H,15,16). The molecule has 0 aliphatic rings. The molecule has 17 heavy (non-hydrogen) atoms. The minimum absolute atomic E-state index is 0.0802. The number of aliphatic hydroxyl groups is 1. The van der Waals surface area contributed by atoms with Crippen LogP contribution in [0.2, 0.25) is 0 Å². The summed E-state index contributed by atoms with van der Waals surface area (Å²) in [7, 11) is 1.47. The van der Waals surface area contributed by atoms with Crippen molar-refractivity contribution >= 4 is 12.0 Å². The number of amides is 2. The lowest BCUT2D eigenvalue weighted by atomic mass is 10.2. The number of carboxylic acids is 1. The number of carbonyl (C=O) groups is 2. The van der Waals surface area contributed by atoms with E-state index in [1.165, 1.54) is 16.8 Å². The first-order valence-electron chi connectivity index (χ1n) is 5.73. The van der Waals surface area contributed by atoms with Crippen molar-refractivity contribution in [2.75, 3.05) is 20.2 Å². The average molecular weight is 246 g/mol. The molecule has 0 bridgehead atoms. The summed E-state index contributed by atoms with van der Waals surface area (Å²) in [6.07, 6.45) is 0.350. The molecule has 6 heteroatoms. The highest BCUT2D eigenvalue weighted by Gasteiger charge is 2.28. The second-order valence-corrected chi connectivity index (χ2v) is 4.17. The second-order valence-electron chi connectivity index (χ2n) is 4.17. The third-order valence-electron chi connectivity index (χ3n) is 2.65.